The maximum absolute atomic E-state index is 13.1. The molecule has 0 spiro atoms. The minimum atomic E-state index is -0.623. The van der Waals surface area contributed by atoms with Crippen LogP contribution in [0.15, 0.2) is 45.3 Å². The molecular weight excluding hydrogens is 524 g/mol. The van der Waals surface area contributed by atoms with E-state index in [0.717, 1.165) is 32.1 Å². The number of hydrogen-bond acceptors (Lipinski definition) is 3. The van der Waals surface area contributed by atoms with Crippen molar-refractivity contribution in [3.05, 3.63) is 62.0 Å². The summed E-state index contributed by atoms with van der Waals surface area (Å²) < 4.78 is 7.79. The van der Waals surface area contributed by atoms with Crippen LogP contribution in [-0.2, 0) is 16.1 Å². The molecular formula is C24H30Br2N2O3. The number of benzene rings is 2. The molecule has 0 saturated heterocycles. The highest BCUT2D eigenvalue weighted by Gasteiger charge is 2.27. The largest absolute Gasteiger partial charge is 0.484 e. The Balaban J connectivity index is 2.18. The number of rotatable bonds is 9. The monoisotopic (exact) mass is 552 g/mol. The van der Waals surface area contributed by atoms with Crippen LogP contribution < -0.4 is 10.1 Å². The van der Waals surface area contributed by atoms with Gasteiger partial charge in [0, 0.05) is 21.5 Å². The topological polar surface area (TPSA) is 58.6 Å². The number of carbonyl (C=O) groups excluding carboxylic acids is 2. The maximum Gasteiger partial charge on any atom is 0.261 e. The van der Waals surface area contributed by atoms with E-state index in [1.807, 2.05) is 64.1 Å². The van der Waals surface area contributed by atoms with Gasteiger partial charge in [-0.25, -0.2) is 0 Å². The number of hydrogen-bond donors (Lipinski definition) is 1. The molecule has 1 N–H and O–H groups in total. The van der Waals surface area contributed by atoms with Crippen LogP contribution >= 0.6 is 31.9 Å². The van der Waals surface area contributed by atoms with E-state index in [4.69, 9.17) is 4.74 Å². The van der Waals surface area contributed by atoms with Gasteiger partial charge in [0.05, 0.1) is 0 Å². The van der Waals surface area contributed by atoms with Crippen LogP contribution in [0.25, 0.3) is 0 Å². The lowest BCUT2D eigenvalue weighted by atomic mass is 10.1. The van der Waals surface area contributed by atoms with E-state index in [1.165, 1.54) is 0 Å². The Bertz CT molecular complexity index is 893. The van der Waals surface area contributed by atoms with Gasteiger partial charge in [0.25, 0.3) is 5.91 Å². The van der Waals surface area contributed by atoms with Crippen LogP contribution in [0.3, 0.4) is 0 Å². The van der Waals surface area contributed by atoms with Crippen molar-refractivity contribution in [1.82, 2.24) is 10.2 Å². The van der Waals surface area contributed by atoms with Crippen LogP contribution in [0.2, 0.25) is 0 Å². The highest BCUT2D eigenvalue weighted by molar-refractivity contribution is 9.10. The predicted molar refractivity (Wildman–Crippen MR) is 131 cm³/mol. The van der Waals surface area contributed by atoms with Crippen molar-refractivity contribution in [2.45, 2.75) is 59.7 Å². The molecule has 0 aliphatic heterocycles. The Kier molecular flexibility index (Phi) is 9.56. The van der Waals surface area contributed by atoms with E-state index in [1.54, 1.807) is 11.8 Å². The second-order valence-electron chi connectivity index (χ2n) is 7.80. The van der Waals surface area contributed by atoms with Crippen molar-refractivity contribution in [3.8, 4) is 5.75 Å². The van der Waals surface area contributed by atoms with Crippen molar-refractivity contribution < 1.29 is 14.3 Å². The number of aryl methyl sites for hydroxylation is 2. The zero-order valence-electron chi connectivity index (χ0n) is 18.7. The van der Waals surface area contributed by atoms with Gasteiger partial charge in [-0.3, -0.25) is 9.59 Å². The van der Waals surface area contributed by atoms with Crippen LogP contribution in [0, 0.1) is 13.8 Å². The molecule has 2 atom stereocenters. The standard InChI is InChI=1S/C24H30Br2N2O3/c1-6-17(4)27-24(30)18(5)28(13-19-7-9-20(25)10-8-19)22(29)14-31-21-11-15(2)23(26)16(3)12-21/h7-12,17-18H,6,13-14H2,1-5H3,(H,27,30)/t17-,18-/m1/s1. The summed E-state index contributed by atoms with van der Waals surface area (Å²) in [4.78, 5) is 27.4. The molecule has 2 aromatic carbocycles. The van der Waals surface area contributed by atoms with Crippen molar-refractivity contribution in [1.29, 1.82) is 0 Å². The van der Waals surface area contributed by atoms with Crippen LogP contribution in [-0.4, -0.2) is 35.4 Å². The third-order valence-corrected chi connectivity index (χ3v) is 6.99. The molecule has 0 aliphatic rings. The summed E-state index contributed by atoms with van der Waals surface area (Å²) >= 11 is 6.97. The fourth-order valence-electron chi connectivity index (χ4n) is 3.05. The number of nitrogens with one attached hydrogen (secondary N) is 1. The number of nitrogens with zero attached hydrogens (tertiary/aromatic N) is 1. The molecule has 168 valence electrons. The first-order valence-corrected chi connectivity index (χ1v) is 11.9. The normalized spacial score (nSPS) is 12.7. The molecule has 0 heterocycles. The van der Waals surface area contributed by atoms with Crippen molar-refractivity contribution in [2.24, 2.45) is 0 Å². The molecule has 2 amide bonds. The van der Waals surface area contributed by atoms with Crippen molar-refractivity contribution in [3.63, 3.8) is 0 Å². The second-order valence-corrected chi connectivity index (χ2v) is 9.51. The minimum Gasteiger partial charge on any atom is -0.484 e. The van der Waals surface area contributed by atoms with Gasteiger partial charge in [0.1, 0.15) is 11.8 Å². The Morgan fingerprint density at radius 2 is 1.65 bits per heavy atom. The summed E-state index contributed by atoms with van der Waals surface area (Å²) in [6.07, 6.45) is 0.824. The molecule has 0 bridgehead atoms. The molecule has 0 radical (unpaired) electrons. The van der Waals surface area contributed by atoms with Crippen molar-refractivity contribution in [2.75, 3.05) is 6.61 Å². The van der Waals surface area contributed by atoms with E-state index in [2.05, 4.69) is 37.2 Å². The fraction of sp³-hybridized carbons (Fsp3) is 0.417. The van der Waals surface area contributed by atoms with Gasteiger partial charge in [0.15, 0.2) is 6.61 Å². The third-order valence-electron chi connectivity index (χ3n) is 5.21. The zero-order chi connectivity index (χ0) is 23.1. The molecule has 0 saturated carbocycles. The molecule has 2 aromatic rings. The number of halogens is 2. The Morgan fingerprint density at radius 1 is 1.06 bits per heavy atom. The van der Waals surface area contributed by atoms with Gasteiger partial charge in [-0.15, -0.1) is 0 Å². The highest BCUT2D eigenvalue weighted by Crippen LogP contribution is 2.26. The zero-order valence-corrected chi connectivity index (χ0v) is 21.8. The molecule has 0 aliphatic carbocycles. The van der Waals surface area contributed by atoms with E-state index in [-0.39, 0.29) is 24.5 Å². The summed E-state index contributed by atoms with van der Waals surface area (Å²) in [7, 11) is 0. The lowest BCUT2D eigenvalue weighted by Gasteiger charge is -2.29. The second kappa shape index (κ2) is 11.7. The summed E-state index contributed by atoms with van der Waals surface area (Å²) in [6.45, 7) is 9.85. The van der Waals surface area contributed by atoms with Gasteiger partial charge < -0.3 is 15.0 Å². The van der Waals surface area contributed by atoms with Gasteiger partial charge in [-0.05, 0) is 75.1 Å². The summed E-state index contributed by atoms with van der Waals surface area (Å²) in [5.41, 5.74) is 3.01. The van der Waals surface area contributed by atoms with E-state index in [9.17, 15) is 9.59 Å². The van der Waals surface area contributed by atoms with E-state index >= 15 is 0 Å². The Morgan fingerprint density at radius 3 is 2.19 bits per heavy atom. The Labute approximate surface area is 201 Å². The van der Waals surface area contributed by atoms with Gasteiger partial charge in [0.2, 0.25) is 5.91 Å². The molecule has 5 nitrogen and oxygen atoms in total. The van der Waals surface area contributed by atoms with Crippen LogP contribution in [0.5, 0.6) is 5.75 Å². The molecule has 0 fully saturated rings. The van der Waals surface area contributed by atoms with Crippen LogP contribution in [0.1, 0.15) is 43.9 Å². The summed E-state index contributed by atoms with van der Waals surface area (Å²) in [5, 5.41) is 2.97. The molecule has 0 unspecified atom stereocenters. The average molecular weight is 554 g/mol. The fourth-order valence-corrected chi connectivity index (χ4v) is 3.55. The van der Waals surface area contributed by atoms with Gasteiger partial charge >= 0.3 is 0 Å². The maximum atomic E-state index is 13.1. The summed E-state index contributed by atoms with van der Waals surface area (Å²) in [5.74, 6) is 0.218. The smallest absolute Gasteiger partial charge is 0.261 e. The first-order valence-electron chi connectivity index (χ1n) is 10.4. The molecule has 0 aromatic heterocycles. The number of carbonyl (C=O) groups is 2. The SMILES string of the molecule is CC[C@@H](C)NC(=O)[C@@H](C)N(Cc1ccc(Br)cc1)C(=O)COc1cc(C)c(Br)c(C)c1. The quantitative estimate of drug-likeness (QED) is 0.443. The highest BCUT2D eigenvalue weighted by atomic mass is 79.9. The van der Waals surface area contributed by atoms with E-state index < -0.39 is 6.04 Å². The molecule has 2 rings (SSSR count). The van der Waals surface area contributed by atoms with Gasteiger partial charge in [-0.1, -0.05) is 50.9 Å². The average Bonchev–Trinajstić information content (AvgIpc) is 2.74. The molecule has 31 heavy (non-hydrogen) atoms. The number of amides is 2. The molecule has 7 heteroatoms. The first kappa shape index (κ1) is 25.4. The Hall–Kier alpha value is -1.86. The third kappa shape index (κ3) is 7.35. The van der Waals surface area contributed by atoms with Crippen molar-refractivity contribution >= 4 is 43.7 Å². The van der Waals surface area contributed by atoms with E-state index in [0.29, 0.717) is 12.3 Å². The lowest BCUT2D eigenvalue weighted by molar-refractivity contribution is -0.142. The van der Waals surface area contributed by atoms with Crippen LogP contribution in [0.4, 0.5) is 0 Å². The number of ether oxygens (including phenoxy) is 1. The first-order chi connectivity index (χ1) is 14.6. The van der Waals surface area contributed by atoms with Gasteiger partial charge in [-0.2, -0.15) is 0 Å². The lowest BCUT2D eigenvalue weighted by Crippen LogP contribution is -2.50. The predicted octanol–water partition coefficient (Wildman–Crippen LogP) is 5.54. The summed E-state index contributed by atoms with van der Waals surface area (Å²) in [6, 6.07) is 10.9. The minimum absolute atomic E-state index is 0.0459.